The SMILES string of the molecule is CCCc1oc2ccccc2c1C(=O)OCC. The number of esters is 1. The molecule has 3 nitrogen and oxygen atoms in total. The predicted octanol–water partition coefficient (Wildman–Crippen LogP) is 3.56. The number of carbonyl (C=O) groups excluding carboxylic acids is 1. The van der Waals surface area contributed by atoms with Gasteiger partial charge in [-0.1, -0.05) is 25.1 Å². The Kier molecular flexibility index (Phi) is 3.47. The number of ether oxygens (including phenoxy) is 1. The van der Waals surface area contributed by atoms with Gasteiger partial charge in [-0.25, -0.2) is 4.79 Å². The van der Waals surface area contributed by atoms with Crippen LogP contribution >= 0.6 is 0 Å². The van der Waals surface area contributed by atoms with E-state index in [1.165, 1.54) is 0 Å². The molecule has 0 unspecified atom stereocenters. The number of furan rings is 1. The van der Waals surface area contributed by atoms with E-state index in [4.69, 9.17) is 9.15 Å². The summed E-state index contributed by atoms with van der Waals surface area (Å²) in [5.41, 5.74) is 1.34. The van der Waals surface area contributed by atoms with Crippen LogP contribution in [0.3, 0.4) is 0 Å². The Labute approximate surface area is 100 Å². The highest BCUT2D eigenvalue weighted by Crippen LogP contribution is 2.27. The van der Waals surface area contributed by atoms with Gasteiger partial charge in [0.1, 0.15) is 16.9 Å². The van der Waals surface area contributed by atoms with E-state index in [1.807, 2.05) is 24.3 Å². The second-order valence-corrected chi connectivity index (χ2v) is 3.87. The number of fused-ring (bicyclic) bond motifs is 1. The van der Waals surface area contributed by atoms with Crippen molar-refractivity contribution < 1.29 is 13.9 Å². The number of benzene rings is 1. The van der Waals surface area contributed by atoms with Crippen LogP contribution in [0.15, 0.2) is 28.7 Å². The lowest BCUT2D eigenvalue weighted by atomic mass is 10.1. The molecule has 0 N–H and O–H groups in total. The summed E-state index contributed by atoms with van der Waals surface area (Å²) in [5.74, 6) is 0.438. The Hall–Kier alpha value is -1.77. The third-order valence-corrected chi connectivity index (χ3v) is 2.63. The summed E-state index contributed by atoms with van der Waals surface area (Å²) >= 11 is 0. The van der Waals surface area contributed by atoms with Crippen molar-refractivity contribution in [2.24, 2.45) is 0 Å². The Balaban J connectivity index is 2.55. The molecule has 0 saturated heterocycles. The monoisotopic (exact) mass is 232 g/mol. The maximum absolute atomic E-state index is 11.9. The molecule has 1 aromatic carbocycles. The Morgan fingerprint density at radius 2 is 2.06 bits per heavy atom. The zero-order chi connectivity index (χ0) is 12.3. The van der Waals surface area contributed by atoms with Crippen molar-refractivity contribution in [1.29, 1.82) is 0 Å². The Morgan fingerprint density at radius 3 is 2.76 bits per heavy atom. The first-order chi connectivity index (χ1) is 8.27. The highest BCUT2D eigenvalue weighted by Gasteiger charge is 2.20. The van der Waals surface area contributed by atoms with Crippen molar-refractivity contribution in [3.63, 3.8) is 0 Å². The lowest BCUT2D eigenvalue weighted by Crippen LogP contribution is -2.06. The van der Waals surface area contributed by atoms with Gasteiger partial charge in [-0.15, -0.1) is 0 Å². The van der Waals surface area contributed by atoms with Gasteiger partial charge in [-0.05, 0) is 19.4 Å². The fourth-order valence-corrected chi connectivity index (χ4v) is 1.93. The number of rotatable bonds is 4. The molecule has 0 aliphatic carbocycles. The van der Waals surface area contributed by atoms with Gasteiger partial charge in [0, 0.05) is 11.8 Å². The minimum absolute atomic E-state index is 0.291. The van der Waals surface area contributed by atoms with Crippen LogP contribution < -0.4 is 0 Å². The third kappa shape index (κ3) is 2.18. The minimum Gasteiger partial charge on any atom is -0.462 e. The topological polar surface area (TPSA) is 39.4 Å². The molecule has 2 rings (SSSR count). The van der Waals surface area contributed by atoms with Gasteiger partial charge < -0.3 is 9.15 Å². The van der Waals surface area contributed by atoms with Crippen LogP contribution in [0.1, 0.15) is 36.4 Å². The number of carbonyl (C=O) groups is 1. The molecule has 0 fully saturated rings. The molecular weight excluding hydrogens is 216 g/mol. The molecular formula is C14H16O3. The van der Waals surface area contributed by atoms with Crippen LogP contribution in [0.25, 0.3) is 11.0 Å². The zero-order valence-electron chi connectivity index (χ0n) is 10.2. The van der Waals surface area contributed by atoms with Crippen LogP contribution in [-0.4, -0.2) is 12.6 Å². The Bertz CT molecular complexity index is 525. The van der Waals surface area contributed by atoms with Gasteiger partial charge in [-0.3, -0.25) is 0 Å². The maximum Gasteiger partial charge on any atom is 0.342 e. The van der Waals surface area contributed by atoms with Crippen molar-refractivity contribution in [3.05, 3.63) is 35.6 Å². The average Bonchev–Trinajstić information content (AvgIpc) is 2.67. The largest absolute Gasteiger partial charge is 0.462 e. The molecule has 0 atom stereocenters. The fraction of sp³-hybridized carbons (Fsp3) is 0.357. The number of aryl methyl sites for hydroxylation is 1. The zero-order valence-corrected chi connectivity index (χ0v) is 10.2. The van der Waals surface area contributed by atoms with E-state index in [0.29, 0.717) is 12.2 Å². The third-order valence-electron chi connectivity index (χ3n) is 2.63. The van der Waals surface area contributed by atoms with Crippen LogP contribution in [0.2, 0.25) is 0 Å². The van der Waals surface area contributed by atoms with Gasteiger partial charge in [0.25, 0.3) is 0 Å². The summed E-state index contributed by atoms with van der Waals surface area (Å²) in [7, 11) is 0. The molecule has 2 aromatic rings. The fourth-order valence-electron chi connectivity index (χ4n) is 1.93. The number of para-hydroxylation sites is 1. The molecule has 90 valence electrons. The van der Waals surface area contributed by atoms with Gasteiger partial charge in [0.05, 0.1) is 6.61 Å². The molecule has 1 heterocycles. The number of hydrogen-bond acceptors (Lipinski definition) is 3. The molecule has 0 saturated carbocycles. The summed E-state index contributed by atoms with van der Waals surface area (Å²) in [6.45, 7) is 4.24. The lowest BCUT2D eigenvalue weighted by Gasteiger charge is -2.01. The van der Waals surface area contributed by atoms with Crippen molar-refractivity contribution in [3.8, 4) is 0 Å². The normalized spacial score (nSPS) is 10.7. The maximum atomic E-state index is 11.9. The molecule has 0 radical (unpaired) electrons. The average molecular weight is 232 g/mol. The molecule has 0 aliphatic heterocycles. The quantitative estimate of drug-likeness (QED) is 0.756. The lowest BCUT2D eigenvalue weighted by molar-refractivity contribution is 0.0526. The molecule has 0 amide bonds. The molecule has 0 aliphatic rings. The minimum atomic E-state index is -0.291. The van der Waals surface area contributed by atoms with Gasteiger partial charge in [-0.2, -0.15) is 0 Å². The van der Waals surface area contributed by atoms with E-state index in [0.717, 1.165) is 29.6 Å². The van der Waals surface area contributed by atoms with Crippen molar-refractivity contribution in [2.75, 3.05) is 6.61 Å². The highest BCUT2D eigenvalue weighted by atomic mass is 16.5. The van der Waals surface area contributed by atoms with Crippen molar-refractivity contribution >= 4 is 16.9 Å². The highest BCUT2D eigenvalue weighted by molar-refractivity contribution is 6.04. The Morgan fingerprint density at radius 1 is 1.29 bits per heavy atom. The van der Waals surface area contributed by atoms with E-state index in [-0.39, 0.29) is 5.97 Å². The first-order valence-corrected chi connectivity index (χ1v) is 5.95. The number of hydrogen-bond donors (Lipinski definition) is 0. The van der Waals surface area contributed by atoms with E-state index in [2.05, 4.69) is 6.92 Å². The van der Waals surface area contributed by atoms with Gasteiger partial charge in [0.15, 0.2) is 0 Å². The second-order valence-electron chi connectivity index (χ2n) is 3.87. The van der Waals surface area contributed by atoms with E-state index < -0.39 is 0 Å². The van der Waals surface area contributed by atoms with Crippen molar-refractivity contribution in [1.82, 2.24) is 0 Å². The molecule has 0 bridgehead atoms. The van der Waals surface area contributed by atoms with E-state index in [1.54, 1.807) is 6.92 Å². The summed E-state index contributed by atoms with van der Waals surface area (Å²) in [4.78, 5) is 11.9. The van der Waals surface area contributed by atoms with Crippen molar-refractivity contribution in [2.45, 2.75) is 26.7 Å². The molecule has 0 spiro atoms. The summed E-state index contributed by atoms with van der Waals surface area (Å²) in [6, 6.07) is 7.56. The van der Waals surface area contributed by atoms with Crippen LogP contribution in [0.5, 0.6) is 0 Å². The standard InChI is InChI=1S/C14H16O3/c1-3-7-12-13(14(15)16-4-2)10-8-5-6-9-11(10)17-12/h5-6,8-9H,3-4,7H2,1-2H3. The summed E-state index contributed by atoms with van der Waals surface area (Å²) in [5, 5.41) is 0.842. The summed E-state index contributed by atoms with van der Waals surface area (Å²) < 4.78 is 10.8. The molecule has 3 heteroatoms. The summed E-state index contributed by atoms with van der Waals surface area (Å²) in [6.07, 6.45) is 1.69. The van der Waals surface area contributed by atoms with Crippen LogP contribution in [0, 0.1) is 0 Å². The van der Waals surface area contributed by atoms with E-state index in [9.17, 15) is 4.79 Å². The second kappa shape index (κ2) is 5.04. The van der Waals surface area contributed by atoms with E-state index >= 15 is 0 Å². The predicted molar refractivity (Wildman–Crippen MR) is 66.2 cm³/mol. The first kappa shape index (κ1) is 11.7. The molecule has 1 aromatic heterocycles. The van der Waals surface area contributed by atoms with Gasteiger partial charge >= 0.3 is 5.97 Å². The van der Waals surface area contributed by atoms with Crippen LogP contribution in [-0.2, 0) is 11.2 Å². The van der Waals surface area contributed by atoms with Gasteiger partial charge in [0.2, 0.25) is 0 Å². The van der Waals surface area contributed by atoms with Crippen LogP contribution in [0.4, 0.5) is 0 Å². The smallest absolute Gasteiger partial charge is 0.342 e. The molecule has 17 heavy (non-hydrogen) atoms. The first-order valence-electron chi connectivity index (χ1n) is 5.95.